The summed E-state index contributed by atoms with van der Waals surface area (Å²) in [7, 11) is 0. The molecule has 230 valence electrons. The van der Waals surface area contributed by atoms with Crippen molar-refractivity contribution in [3.05, 3.63) is 126 Å². The zero-order valence-electron chi connectivity index (χ0n) is 22.8. The van der Waals surface area contributed by atoms with E-state index in [4.69, 9.17) is 4.74 Å². The number of fused-ring (bicyclic) bond motifs is 1. The highest BCUT2D eigenvalue weighted by molar-refractivity contribution is 5.70. The fourth-order valence-corrected chi connectivity index (χ4v) is 4.71. The second-order valence-electron chi connectivity index (χ2n) is 9.99. The van der Waals surface area contributed by atoms with Gasteiger partial charge in [0, 0.05) is 18.9 Å². The molecule has 1 aromatic heterocycles. The first-order valence-corrected chi connectivity index (χ1v) is 13.2. The average molecular weight is 630 g/mol. The quantitative estimate of drug-likeness (QED) is 0.165. The van der Waals surface area contributed by atoms with Crippen LogP contribution < -0.4 is 4.74 Å². The summed E-state index contributed by atoms with van der Waals surface area (Å²) in [5.74, 6) is -3.65. The Balaban J connectivity index is 1.19. The number of ether oxygens (including phenoxy) is 1. The lowest BCUT2D eigenvalue weighted by atomic mass is 9.98. The van der Waals surface area contributed by atoms with Gasteiger partial charge < -0.3 is 13.7 Å². The minimum absolute atomic E-state index is 0.0394. The van der Waals surface area contributed by atoms with Gasteiger partial charge in [-0.1, -0.05) is 36.4 Å². The molecular formula is C32H19F8N3O2. The van der Waals surface area contributed by atoms with E-state index in [1.807, 2.05) is 0 Å². The van der Waals surface area contributed by atoms with E-state index in [2.05, 4.69) is 14.4 Å². The van der Waals surface area contributed by atoms with Gasteiger partial charge in [-0.2, -0.15) is 26.3 Å². The smallest absolute Gasteiger partial charge is 0.449 e. The van der Waals surface area contributed by atoms with Crippen molar-refractivity contribution in [3.8, 4) is 39.7 Å². The Kier molecular flexibility index (Phi) is 7.55. The highest BCUT2D eigenvalue weighted by Gasteiger charge is 2.35. The van der Waals surface area contributed by atoms with Gasteiger partial charge in [-0.05, 0) is 59.2 Å². The maximum absolute atomic E-state index is 14.2. The average Bonchev–Trinajstić information content (AvgIpc) is 3.65. The van der Waals surface area contributed by atoms with Crippen LogP contribution in [-0.2, 0) is 25.5 Å². The fourth-order valence-electron chi connectivity index (χ4n) is 4.71. The minimum Gasteiger partial charge on any atom is -0.486 e. The molecule has 0 saturated heterocycles. The molecule has 0 unspecified atom stereocenters. The van der Waals surface area contributed by atoms with Crippen LogP contribution in [0.15, 0.2) is 95.7 Å². The van der Waals surface area contributed by atoms with Gasteiger partial charge in [-0.3, -0.25) is 0 Å². The Morgan fingerprint density at radius 2 is 1.51 bits per heavy atom. The first kappa shape index (κ1) is 29.9. The summed E-state index contributed by atoms with van der Waals surface area (Å²) in [5.41, 5.74) is 0.788. The molecule has 3 aromatic carbocycles. The summed E-state index contributed by atoms with van der Waals surface area (Å²) in [6.45, 7) is -0.168. The zero-order valence-corrected chi connectivity index (χ0v) is 22.8. The van der Waals surface area contributed by atoms with Gasteiger partial charge in [0.15, 0.2) is 17.5 Å². The van der Waals surface area contributed by atoms with E-state index in [1.165, 1.54) is 36.4 Å². The molecule has 0 bridgehead atoms. The SMILES string of the molecule is Fc1cccc(-c2nc3ccn(Cc4ccc(-c5ccc(OCc6ccc(C(F)(F)F)o6)cc5C(F)(F)F)cc4)cc-3n2)c1F. The zero-order chi connectivity index (χ0) is 31.9. The third-order valence-electron chi connectivity index (χ3n) is 6.87. The third-order valence-corrected chi connectivity index (χ3v) is 6.87. The van der Waals surface area contributed by atoms with E-state index in [0.29, 0.717) is 24.0 Å². The molecule has 0 N–H and O–H groups in total. The molecule has 2 aliphatic rings. The molecule has 0 saturated carbocycles. The number of aromatic nitrogens is 3. The number of hydrogen-bond donors (Lipinski definition) is 0. The topological polar surface area (TPSA) is 53.1 Å². The van der Waals surface area contributed by atoms with Gasteiger partial charge in [-0.25, -0.2) is 18.7 Å². The van der Waals surface area contributed by atoms with Crippen LogP contribution in [-0.4, -0.2) is 14.5 Å². The third kappa shape index (κ3) is 6.37. The lowest BCUT2D eigenvalue weighted by Crippen LogP contribution is -2.08. The summed E-state index contributed by atoms with van der Waals surface area (Å²) in [6.07, 6.45) is -6.06. The molecule has 3 heterocycles. The molecule has 45 heavy (non-hydrogen) atoms. The van der Waals surface area contributed by atoms with E-state index in [1.54, 1.807) is 35.2 Å². The predicted octanol–water partition coefficient (Wildman–Crippen LogP) is 9.25. The molecule has 0 spiro atoms. The number of benzene rings is 3. The van der Waals surface area contributed by atoms with E-state index in [9.17, 15) is 35.1 Å². The molecule has 0 fully saturated rings. The highest BCUT2D eigenvalue weighted by atomic mass is 19.4. The van der Waals surface area contributed by atoms with Crippen molar-refractivity contribution in [2.24, 2.45) is 0 Å². The van der Waals surface area contributed by atoms with Crippen molar-refractivity contribution >= 4 is 0 Å². The largest absolute Gasteiger partial charge is 0.486 e. The fraction of sp³-hybridized carbons (Fsp3) is 0.125. The molecule has 0 radical (unpaired) electrons. The van der Waals surface area contributed by atoms with E-state index >= 15 is 0 Å². The standard InChI is InChI=1S/C32H19F8N3O2/c33-25-3-1-2-23(29(25)34)30-41-26-12-13-43(16-27(26)42-30)15-18-4-6-19(7-5-18)22-10-8-20(14-24(22)31(35,36)37)44-17-21-9-11-28(45-21)32(38,39)40/h1-14,16H,15,17H2. The molecule has 2 aliphatic heterocycles. The number of hydrogen-bond acceptors (Lipinski definition) is 4. The molecule has 6 rings (SSSR count). The maximum Gasteiger partial charge on any atom is 0.449 e. The molecular weight excluding hydrogens is 610 g/mol. The second-order valence-corrected chi connectivity index (χ2v) is 9.99. The van der Waals surface area contributed by atoms with Crippen molar-refractivity contribution in [1.82, 2.24) is 14.5 Å². The van der Waals surface area contributed by atoms with Crippen LogP contribution in [0.1, 0.15) is 22.6 Å². The summed E-state index contributed by atoms with van der Waals surface area (Å²) in [5, 5.41) is 0. The number of imidazole rings is 1. The van der Waals surface area contributed by atoms with Gasteiger partial charge in [0.25, 0.3) is 0 Å². The number of alkyl halides is 6. The van der Waals surface area contributed by atoms with Crippen LogP contribution in [0.4, 0.5) is 35.1 Å². The Morgan fingerprint density at radius 1 is 0.756 bits per heavy atom. The van der Waals surface area contributed by atoms with Crippen LogP contribution >= 0.6 is 0 Å². The lowest BCUT2D eigenvalue weighted by molar-refractivity contribution is -0.153. The van der Waals surface area contributed by atoms with Crippen LogP contribution in [0.3, 0.4) is 0 Å². The van der Waals surface area contributed by atoms with E-state index in [-0.39, 0.29) is 34.0 Å². The van der Waals surface area contributed by atoms with Crippen molar-refractivity contribution in [2.45, 2.75) is 25.5 Å². The minimum atomic E-state index is -4.75. The lowest BCUT2D eigenvalue weighted by Gasteiger charge is -2.16. The normalized spacial score (nSPS) is 12.2. The summed E-state index contributed by atoms with van der Waals surface area (Å²) >= 11 is 0. The van der Waals surface area contributed by atoms with Gasteiger partial charge in [0.05, 0.1) is 16.8 Å². The Morgan fingerprint density at radius 3 is 2.22 bits per heavy atom. The monoisotopic (exact) mass is 629 g/mol. The number of rotatable bonds is 7. The van der Waals surface area contributed by atoms with Crippen LogP contribution in [0.5, 0.6) is 5.75 Å². The van der Waals surface area contributed by atoms with Crippen LogP contribution in [0, 0.1) is 11.6 Å². The van der Waals surface area contributed by atoms with Crippen LogP contribution in [0.25, 0.3) is 33.9 Å². The molecule has 0 aliphatic carbocycles. The number of pyridine rings is 1. The molecule has 0 amide bonds. The van der Waals surface area contributed by atoms with Crippen molar-refractivity contribution in [1.29, 1.82) is 0 Å². The van der Waals surface area contributed by atoms with Crippen molar-refractivity contribution < 1.29 is 44.3 Å². The van der Waals surface area contributed by atoms with E-state index < -0.39 is 41.9 Å². The van der Waals surface area contributed by atoms with Crippen molar-refractivity contribution in [3.63, 3.8) is 0 Å². The van der Waals surface area contributed by atoms with Crippen molar-refractivity contribution in [2.75, 3.05) is 0 Å². The summed E-state index contributed by atoms with van der Waals surface area (Å²) in [4.78, 5) is 8.59. The van der Waals surface area contributed by atoms with Gasteiger partial charge in [0.1, 0.15) is 23.8 Å². The first-order chi connectivity index (χ1) is 21.3. The Bertz CT molecular complexity index is 1940. The maximum atomic E-state index is 14.2. The first-order valence-electron chi connectivity index (χ1n) is 13.2. The highest BCUT2D eigenvalue weighted by Crippen LogP contribution is 2.40. The molecule has 0 atom stereocenters. The number of furan rings is 1. The summed E-state index contributed by atoms with van der Waals surface area (Å²) in [6, 6.07) is 16.9. The number of halogens is 8. The van der Waals surface area contributed by atoms with Gasteiger partial charge in [-0.15, -0.1) is 0 Å². The molecule has 13 heteroatoms. The molecule has 5 nitrogen and oxygen atoms in total. The van der Waals surface area contributed by atoms with Crippen LogP contribution in [0.2, 0.25) is 0 Å². The Hall–Kier alpha value is -5.20. The van der Waals surface area contributed by atoms with Gasteiger partial charge in [0.2, 0.25) is 5.76 Å². The number of nitrogens with zero attached hydrogens (tertiary/aromatic N) is 3. The van der Waals surface area contributed by atoms with Gasteiger partial charge >= 0.3 is 12.4 Å². The second kappa shape index (κ2) is 11.4. The molecule has 4 aromatic rings. The summed E-state index contributed by atoms with van der Waals surface area (Å²) < 4.78 is 120. The predicted molar refractivity (Wildman–Crippen MR) is 146 cm³/mol. The Labute approximate surface area is 249 Å². The van der Waals surface area contributed by atoms with E-state index in [0.717, 1.165) is 23.8 Å².